The van der Waals surface area contributed by atoms with Crippen molar-refractivity contribution in [3.05, 3.63) is 58.8 Å². The molecule has 0 aliphatic carbocycles. The Balaban J connectivity index is 1.09. The van der Waals surface area contributed by atoms with Crippen molar-refractivity contribution in [3.63, 3.8) is 0 Å². The summed E-state index contributed by atoms with van der Waals surface area (Å²) in [5, 5.41) is 14.6. The Morgan fingerprint density at radius 2 is 2.02 bits per heavy atom. The number of fused-ring (bicyclic) bond motifs is 1. The van der Waals surface area contributed by atoms with E-state index < -0.39 is 5.41 Å². The molecular formula is C30H31N7O2S. The summed E-state index contributed by atoms with van der Waals surface area (Å²) >= 11 is 1.69. The van der Waals surface area contributed by atoms with Crippen LogP contribution in [-0.4, -0.2) is 74.5 Å². The van der Waals surface area contributed by atoms with Crippen LogP contribution in [0, 0.1) is 24.7 Å². The molecule has 0 spiro atoms. The van der Waals surface area contributed by atoms with Gasteiger partial charge in [0, 0.05) is 72.2 Å². The summed E-state index contributed by atoms with van der Waals surface area (Å²) in [7, 11) is 0. The summed E-state index contributed by atoms with van der Waals surface area (Å²) in [4.78, 5) is 39.2. The van der Waals surface area contributed by atoms with Crippen LogP contribution in [0.25, 0.3) is 22.2 Å². The summed E-state index contributed by atoms with van der Waals surface area (Å²) in [5.41, 5.74) is 3.18. The van der Waals surface area contributed by atoms with Gasteiger partial charge in [-0.05, 0) is 56.5 Å². The molecular weight excluding hydrogens is 522 g/mol. The number of benzene rings is 1. The molecule has 5 heterocycles. The molecule has 204 valence electrons. The van der Waals surface area contributed by atoms with Gasteiger partial charge in [-0.1, -0.05) is 5.92 Å². The van der Waals surface area contributed by atoms with Crippen LogP contribution >= 0.6 is 11.3 Å². The van der Waals surface area contributed by atoms with E-state index in [0.29, 0.717) is 31.1 Å². The van der Waals surface area contributed by atoms with Crippen molar-refractivity contribution in [2.75, 3.05) is 38.0 Å². The van der Waals surface area contributed by atoms with Gasteiger partial charge in [-0.3, -0.25) is 24.6 Å². The number of carbonyl (C=O) groups excluding carboxylic acids is 2. The maximum Gasteiger partial charge on any atom is 0.244 e. The number of nitrogens with one attached hydrogen (secondary N) is 2. The molecule has 0 saturated carbocycles. The third kappa shape index (κ3) is 5.10. The Bertz CT molecular complexity index is 1580. The largest absolute Gasteiger partial charge is 0.342 e. The number of thiazole rings is 1. The zero-order chi connectivity index (χ0) is 27.7. The van der Waals surface area contributed by atoms with Crippen LogP contribution in [0.5, 0.6) is 0 Å². The van der Waals surface area contributed by atoms with Gasteiger partial charge in [0.2, 0.25) is 11.8 Å². The molecule has 6 rings (SSSR count). The summed E-state index contributed by atoms with van der Waals surface area (Å²) in [6.07, 6.45) is 11.9. The van der Waals surface area contributed by atoms with Crippen LogP contribution in [0.2, 0.25) is 0 Å². The van der Waals surface area contributed by atoms with E-state index in [1.165, 1.54) is 0 Å². The number of hydrogen-bond acceptors (Lipinski definition) is 7. The normalized spacial score (nSPS) is 20.1. The molecule has 1 atom stereocenters. The van der Waals surface area contributed by atoms with Crippen molar-refractivity contribution in [1.82, 2.24) is 30.0 Å². The van der Waals surface area contributed by atoms with Gasteiger partial charge in [0.1, 0.15) is 11.1 Å². The number of aryl methyl sites for hydroxylation is 1. The highest BCUT2D eigenvalue weighted by atomic mass is 32.1. The highest BCUT2D eigenvalue weighted by Crippen LogP contribution is 2.34. The van der Waals surface area contributed by atoms with E-state index in [1.54, 1.807) is 17.5 Å². The van der Waals surface area contributed by atoms with Gasteiger partial charge in [-0.2, -0.15) is 5.10 Å². The standard InChI is InChI=1S/C30H31N7O2S/c1-3-30(9-14-36(19-30)18-26(38)37-12-7-21(8-13-37)28-32-11-15-40-28)29(39)33-23-4-5-25-24(17-23)27(35-34-25)22-6-10-31-20(2)16-22/h1,4-6,10-11,15-17,21H,7-9,12-14,18-19H2,2H3,(H,33,39)(H,34,35). The number of likely N-dealkylation sites (tertiary alicyclic amines) is 2. The Labute approximate surface area is 237 Å². The average molecular weight is 554 g/mol. The first-order valence-electron chi connectivity index (χ1n) is 13.5. The number of piperidine rings is 1. The highest BCUT2D eigenvalue weighted by Gasteiger charge is 2.44. The lowest BCUT2D eigenvalue weighted by Gasteiger charge is -2.32. The first kappa shape index (κ1) is 26.2. The lowest BCUT2D eigenvalue weighted by molar-refractivity contribution is -0.133. The summed E-state index contributed by atoms with van der Waals surface area (Å²) < 4.78 is 0. The maximum atomic E-state index is 13.5. The van der Waals surface area contributed by atoms with Crippen LogP contribution < -0.4 is 5.32 Å². The van der Waals surface area contributed by atoms with Gasteiger partial charge in [0.25, 0.3) is 0 Å². The van der Waals surface area contributed by atoms with Crippen molar-refractivity contribution < 1.29 is 9.59 Å². The van der Waals surface area contributed by atoms with Gasteiger partial charge < -0.3 is 10.2 Å². The molecule has 1 aromatic carbocycles. The molecule has 2 aliphatic heterocycles. The van der Waals surface area contributed by atoms with E-state index in [1.807, 2.05) is 58.6 Å². The molecule has 0 bridgehead atoms. The molecule has 40 heavy (non-hydrogen) atoms. The molecule has 1 unspecified atom stereocenters. The van der Waals surface area contributed by atoms with E-state index in [9.17, 15) is 9.59 Å². The average Bonchev–Trinajstić information content (AvgIpc) is 3.73. The van der Waals surface area contributed by atoms with Gasteiger partial charge >= 0.3 is 0 Å². The first-order valence-corrected chi connectivity index (χ1v) is 14.4. The quantitative estimate of drug-likeness (QED) is 0.349. The Morgan fingerprint density at radius 1 is 1.18 bits per heavy atom. The molecule has 4 aromatic rings. The van der Waals surface area contributed by atoms with Crippen LogP contribution in [0.15, 0.2) is 48.1 Å². The number of amides is 2. The number of H-pyrrole nitrogens is 1. The number of aromatic amines is 1. The molecule has 2 aliphatic rings. The third-order valence-electron chi connectivity index (χ3n) is 8.06. The highest BCUT2D eigenvalue weighted by molar-refractivity contribution is 7.09. The fourth-order valence-corrected chi connectivity index (χ4v) is 6.56. The monoisotopic (exact) mass is 553 g/mol. The second-order valence-electron chi connectivity index (χ2n) is 10.7. The predicted octanol–water partition coefficient (Wildman–Crippen LogP) is 4.06. The summed E-state index contributed by atoms with van der Waals surface area (Å²) in [6.45, 7) is 4.63. The topological polar surface area (TPSA) is 107 Å². The minimum absolute atomic E-state index is 0.0927. The Kier molecular flexibility index (Phi) is 7.09. The summed E-state index contributed by atoms with van der Waals surface area (Å²) in [5.74, 6) is 3.07. The van der Waals surface area contributed by atoms with Crippen LogP contribution in [-0.2, 0) is 9.59 Å². The molecule has 10 heteroatoms. The van der Waals surface area contributed by atoms with Gasteiger partial charge in [-0.25, -0.2) is 4.98 Å². The van der Waals surface area contributed by atoms with E-state index in [-0.39, 0.29) is 18.4 Å². The van der Waals surface area contributed by atoms with Crippen LogP contribution in [0.3, 0.4) is 0 Å². The minimum Gasteiger partial charge on any atom is -0.342 e. The van der Waals surface area contributed by atoms with E-state index in [4.69, 9.17) is 6.42 Å². The number of aromatic nitrogens is 4. The number of anilines is 1. The van der Waals surface area contributed by atoms with E-state index >= 15 is 0 Å². The van der Waals surface area contributed by atoms with Crippen molar-refractivity contribution in [1.29, 1.82) is 0 Å². The van der Waals surface area contributed by atoms with E-state index in [2.05, 4.69) is 31.4 Å². The maximum absolute atomic E-state index is 13.5. The number of pyridine rings is 1. The predicted molar refractivity (Wildman–Crippen MR) is 156 cm³/mol. The van der Waals surface area contributed by atoms with Gasteiger partial charge in [-0.15, -0.1) is 17.8 Å². The van der Waals surface area contributed by atoms with Crippen molar-refractivity contribution in [3.8, 4) is 23.6 Å². The molecule has 2 fully saturated rings. The zero-order valence-corrected chi connectivity index (χ0v) is 23.2. The molecule has 9 nitrogen and oxygen atoms in total. The number of carbonyl (C=O) groups is 2. The lowest BCUT2D eigenvalue weighted by Crippen LogP contribution is -2.44. The number of rotatable bonds is 6. The van der Waals surface area contributed by atoms with Crippen molar-refractivity contribution >= 4 is 39.7 Å². The lowest BCUT2D eigenvalue weighted by atomic mass is 9.87. The molecule has 2 saturated heterocycles. The SMILES string of the molecule is C#CC1(C(=O)Nc2ccc3[nH]nc(-c4ccnc(C)c4)c3c2)CCN(CC(=O)N2CCC(c3nccs3)CC2)C1. The molecule has 3 aromatic heterocycles. The fourth-order valence-electron chi connectivity index (χ4n) is 5.75. The van der Waals surface area contributed by atoms with Crippen LogP contribution in [0.1, 0.15) is 35.9 Å². The van der Waals surface area contributed by atoms with Gasteiger partial charge in [0.05, 0.1) is 17.1 Å². The third-order valence-corrected chi connectivity index (χ3v) is 9.00. The van der Waals surface area contributed by atoms with Gasteiger partial charge in [0.15, 0.2) is 0 Å². The smallest absolute Gasteiger partial charge is 0.244 e. The summed E-state index contributed by atoms with van der Waals surface area (Å²) in [6, 6.07) is 9.55. The molecule has 0 radical (unpaired) electrons. The van der Waals surface area contributed by atoms with Crippen molar-refractivity contribution in [2.24, 2.45) is 5.41 Å². The molecule has 2 N–H and O–H groups in total. The number of terminal acetylenes is 1. The number of nitrogens with zero attached hydrogens (tertiary/aromatic N) is 5. The van der Waals surface area contributed by atoms with E-state index in [0.717, 1.165) is 58.8 Å². The first-order chi connectivity index (χ1) is 19.4. The van der Waals surface area contributed by atoms with Crippen LogP contribution in [0.4, 0.5) is 5.69 Å². The number of hydrogen-bond donors (Lipinski definition) is 2. The fraction of sp³-hybridized carbons (Fsp3) is 0.367. The minimum atomic E-state index is -0.992. The second-order valence-corrected chi connectivity index (χ2v) is 11.6. The van der Waals surface area contributed by atoms with Crippen molar-refractivity contribution in [2.45, 2.75) is 32.1 Å². The Hall–Kier alpha value is -4.07. The Morgan fingerprint density at radius 3 is 2.77 bits per heavy atom. The molecule has 2 amide bonds. The second kappa shape index (κ2) is 10.8. The zero-order valence-electron chi connectivity index (χ0n) is 22.4.